The summed E-state index contributed by atoms with van der Waals surface area (Å²) in [6, 6.07) is 7.78. The van der Waals surface area contributed by atoms with Gasteiger partial charge in [-0.15, -0.1) is 0 Å². The quantitative estimate of drug-likeness (QED) is 0.584. The first-order chi connectivity index (χ1) is 12.6. The molecule has 0 atom stereocenters. The molecule has 1 aromatic heterocycles. The molecule has 140 valence electrons. The molecule has 0 saturated heterocycles. The van der Waals surface area contributed by atoms with Crippen LogP contribution in [0.25, 0.3) is 0 Å². The molecule has 2 aromatic rings. The van der Waals surface area contributed by atoms with Gasteiger partial charge < -0.3 is 24.8 Å². The highest BCUT2D eigenvalue weighted by molar-refractivity contribution is 5.79. The highest BCUT2D eigenvalue weighted by atomic mass is 16.5. The Morgan fingerprint density at radius 1 is 1.04 bits per heavy atom. The predicted octanol–water partition coefficient (Wildman–Crippen LogP) is 2.28. The van der Waals surface area contributed by atoms with Crippen molar-refractivity contribution in [2.45, 2.75) is 20.0 Å². The molecule has 0 fully saturated rings. The topological polar surface area (TPSA) is 77.0 Å². The number of benzene rings is 1. The summed E-state index contributed by atoms with van der Waals surface area (Å²) in [5.41, 5.74) is 3.11. The SMILES string of the molecule is CN=C(NCc1cc(OC)c(OC)c(OC)c1)NCc1ncccc1C. The summed E-state index contributed by atoms with van der Waals surface area (Å²) in [4.78, 5) is 8.62. The third-order valence-electron chi connectivity index (χ3n) is 3.95. The molecule has 0 spiro atoms. The lowest BCUT2D eigenvalue weighted by Gasteiger charge is -2.16. The number of rotatable bonds is 7. The van der Waals surface area contributed by atoms with Crippen molar-refractivity contribution < 1.29 is 14.2 Å². The van der Waals surface area contributed by atoms with E-state index in [1.165, 1.54) is 0 Å². The van der Waals surface area contributed by atoms with Crippen LogP contribution in [0.5, 0.6) is 17.2 Å². The molecular formula is C19H26N4O3. The van der Waals surface area contributed by atoms with Crippen molar-refractivity contribution in [3.05, 3.63) is 47.3 Å². The van der Waals surface area contributed by atoms with Crippen LogP contribution in [0.1, 0.15) is 16.8 Å². The Hall–Kier alpha value is -2.96. The molecule has 0 amide bonds. The molecule has 0 aliphatic heterocycles. The molecule has 0 bridgehead atoms. The predicted molar refractivity (Wildman–Crippen MR) is 102 cm³/mol. The minimum absolute atomic E-state index is 0.553. The average molecular weight is 358 g/mol. The van der Waals surface area contributed by atoms with Crippen molar-refractivity contribution in [1.82, 2.24) is 15.6 Å². The number of nitrogens with zero attached hydrogens (tertiary/aromatic N) is 2. The highest BCUT2D eigenvalue weighted by Gasteiger charge is 2.13. The van der Waals surface area contributed by atoms with Gasteiger partial charge in [-0.3, -0.25) is 9.98 Å². The Morgan fingerprint density at radius 3 is 2.23 bits per heavy atom. The molecule has 0 aliphatic carbocycles. The molecule has 7 nitrogen and oxygen atoms in total. The van der Waals surface area contributed by atoms with Gasteiger partial charge in [0.05, 0.1) is 33.6 Å². The maximum absolute atomic E-state index is 5.38. The molecule has 7 heteroatoms. The van der Waals surface area contributed by atoms with Crippen LogP contribution >= 0.6 is 0 Å². The summed E-state index contributed by atoms with van der Waals surface area (Å²) in [6.45, 7) is 3.19. The lowest BCUT2D eigenvalue weighted by atomic mass is 10.2. The van der Waals surface area contributed by atoms with Crippen LogP contribution in [0.15, 0.2) is 35.5 Å². The van der Waals surface area contributed by atoms with Crippen LogP contribution in [-0.2, 0) is 13.1 Å². The minimum atomic E-state index is 0.553. The summed E-state index contributed by atoms with van der Waals surface area (Å²) in [5.74, 6) is 2.50. The molecule has 0 radical (unpaired) electrons. The Labute approximate surface area is 154 Å². The van der Waals surface area contributed by atoms with Gasteiger partial charge in [-0.25, -0.2) is 0 Å². The first-order valence-corrected chi connectivity index (χ1v) is 8.26. The van der Waals surface area contributed by atoms with Gasteiger partial charge >= 0.3 is 0 Å². The van der Waals surface area contributed by atoms with E-state index in [-0.39, 0.29) is 0 Å². The zero-order valence-electron chi connectivity index (χ0n) is 15.9. The molecule has 2 N–H and O–H groups in total. The summed E-state index contributed by atoms with van der Waals surface area (Å²) in [7, 11) is 6.52. The van der Waals surface area contributed by atoms with E-state index in [4.69, 9.17) is 14.2 Å². The summed E-state index contributed by atoms with van der Waals surface area (Å²) in [6.07, 6.45) is 1.79. The third kappa shape index (κ3) is 4.78. The van der Waals surface area contributed by atoms with Gasteiger partial charge in [0.1, 0.15) is 0 Å². The second-order valence-corrected chi connectivity index (χ2v) is 5.58. The second-order valence-electron chi connectivity index (χ2n) is 5.58. The third-order valence-corrected chi connectivity index (χ3v) is 3.95. The number of aromatic nitrogens is 1. The number of nitrogens with one attached hydrogen (secondary N) is 2. The van der Waals surface area contributed by atoms with Gasteiger partial charge in [0, 0.05) is 19.8 Å². The van der Waals surface area contributed by atoms with Crippen LogP contribution in [0, 0.1) is 6.92 Å². The van der Waals surface area contributed by atoms with Crippen molar-refractivity contribution in [1.29, 1.82) is 0 Å². The fourth-order valence-electron chi connectivity index (χ4n) is 2.51. The number of hydrogen-bond donors (Lipinski definition) is 2. The largest absolute Gasteiger partial charge is 0.493 e. The first kappa shape index (κ1) is 19.4. The Morgan fingerprint density at radius 2 is 1.69 bits per heavy atom. The molecular weight excluding hydrogens is 332 g/mol. The van der Waals surface area contributed by atoms with Crippen molar-refractivity contribution in [2.24, 2.45) is 4.99 Å². The van der Waals surface area contributed by atoms with Crippen LogP contribution in [0.2, 0.25) is 0 Å². The molecule has 1 heterocycles. The molecule has 0 saturated carbocycles. The average Bonchev–Trinajstić information content (AvgIpc) is 2.68. The Bertz CT molecular complexity index is 737. The van der Waals surface area contributed by atoms with Crippen LogP contribution in [-0.4, -0.2) is 39.3 Å². The number of aliphatic imine (C=N–C) groups is 1. The zero-order valence-corrected chi connectivity index (χ0v) is 15.9. The fraction of sp³-hybridized carbons (Fsp3) is 0.368. The highest BCUT2D eigenvalue weighted by Crippen LogP contribution is 2.38. The lowest BCUT2D eigenvalue weighted by molar-refractivity contribution is 0.323. The number of aryl methyl sites for hydroxylation is 1. The van der Waals surface area contributed by atoms with E-state index in [1.54, 1.807) is 34.6 Å². The monoisotopic (exact) mass is 358 g/mol. The molecule has 2 rings (SSSR count). The van der Waals surface area contributed by atoms with Gasteiger partial charge in [-0.05, 0) is 36.2 Å². The summed E-state index contributed by atoms with van der Waals surface area (Å²) >= 11 is 0. The van der Waals surface area contributed by atoms with Crippen molar-refractivity contribution >= 4 is 5.96 Å². The van der Waals surface area contributed by atoms with E-state index in [9.17, 15) is 0 Å². The van der Waals surface area contributed by atoms with E-state index in [0.717, 1.165) is 16.8 Å². The van der Waals surface area contributed by atoms with Crippen molar-refractivity contribution in [3.8, 4) is 17.2 Å². The van der Waals surface area contributed by atoms with E-state index in [2.05, 4.69) is 20.6 Å². The molecule has 1 aromatic carbocycles. The fourth-order valence-corrected chi connectivity index (χ4v) is 2.51. The van der Waals surface area contributed by atoms with Crippen LogP contribution in [0.4, 0.5) is 0 Å². The standard InChI is InChI=1S/C19H26N4O3/c1-13-7-6-8-21-15(13)12-23-19(20-2)22-11-14-9-16(24-3)18(26-5)17(10-14)25-4/h6-10H,11-12H2,1-5H3,(H2,20,22,23). The van der Waals surface area contributed by atoms with Crippen LogP contribution < -0.4 is 24.8 Å². The summed E-state index contributed by atoms with van der Waals surface area (Å²) < 4.78 is 16.1. The summed E-state index contributed by atoms with van der Waals surface area (Å²) in [5, 5.41) is 6.54. The van der Waals surface area contributed by atoms with Gasteiger partial charge in [-0.1, -0.05) is 6.07 Å². The van der Waals surface area contributed by atoms with Gasteiger partial charge in [0.15, 0.2) is 17.5 Å². The van der Waals surface area contributed by atoms with Gasteiger partial charge in [-0.2, -0.15) is 0 Å². The van der Waals surface area contributed by atoms with E-state index in [0.29, 0.717) is 36.3 Å². The zero-order chi connectivity index (χ0) is 18.9. The number of hydrogen-bond acceptors (Lipinski definition) is 5. The first-order valence-electron chi connectivity index (χ1n) is 8.26. The van der Waals surface area contributed by atoms with Gasteiger partial charge in [0.2, 0.25) is 5.75 Å². The maximum atomic E-state index is 5.38. The molecule has 26 heavy (non-hydrogen) atoms. The van der Waals surface area contributed by atoms with Gasteiger partial charge in [0.25, 0.3) is 0 Å². The number of ether oxygens (including phenoxy) is 3. The molecule has 0 unspecified atom stereocenters. The van der Waals surface area contributed by atoms with Crippen molar-refractivity contribution in [2.75, 3.05) is 28.4 Å². The Balaban J connectivity index is 2.03. The number of methoxy groups -OCH3 is 3. The normalized spacial score (nSPS) is 11.0. The van der Waals surface area contributed by atoms with Crippen molar-refractivity contribution in [3.63, 3.8) is 0 Å². The molecule has 0 aliphatic rings. The Kier molecular flexibility index (Phi) is 7.08. The smallest absolute Gasteiger partial charge is 0.203 e. The van der Waals surface area contributed by atoms with E-state index >= 15 is 0 Å². The lowest BCUT2D eigenvalue weighted by Crippen LogP contribution is -2.36. The van der Waals surface area contributed by atoms with Crippen LogP contribution in [0.3, 0.4) is 0 Å². The number of guanidine groups is 1. The van der Waals surface area contributed by atoms with E-state index < -0.39 is 0 Å². The number of pyridine rings is 1. The van der Waals surface area contributed by atoms with E-state index in [1.807, 2.05) is 31.2 Å². The minimum Gasteiger partial charge on any atom is -0.493 e. The maximum Gasteiger partial charge on any atom is 0.203 e. The second kappa shape index (κ2) is 9.50.